The highest BCUT2D eigenvalue weighted by atomic mass is 16.5. The van der Waals surface area contributed by atoms with Crippen molar-refractivity contribution in [3.63, 3.8) is 0 Å². The summed E-state index contributed by atoms with van der Waals surface area (Å²) in [5, 5.41) is 0. The van der Waals surface area contributed by atoms with Crippen LogP contribution in [-0.4, -0.2) is 39.4 Å². The van der Waals surface area contributed by atoms with Gasteiger partial charge in [-0.05, 0) is 0 Å². The van der Waals surface area contributed by atoms with Crippen LogP contribution in [-0.2, 0) is 23.8 Å². The predicted octanol–water partition coefficient (Wildman–Crippen LogP) is -0.644. The van der Waals surface area contributed by atoms with Crippen LogP contribution >= 0.6 is 0 Å². The number of ether oxygens (including phenoxy) is 3. The molecule has 5 nitrogen and oxygen atoms in total. The summed E-state index contributed by atoms with van der Waals surface area (Å²) < 4.78 is 13.4. The van der Waals surface area contributed by atoms with E-state index >= 15 is 0 Å². The fourth-order valence-electron chi connectivity index (χ4n) is 0.472. The highest BCUT2D eigenvalue weighted by Gasteiger charge is 1.89. The minimum absolute atomic E-state index is 0.0466. The molecule has 0 aliphatic heterocycles. The number of esters is 2. The third-order valence-corrected chi connectivity index (χ3v) is 1.10. The number of rotatable bonds is 2. The number of hydrogen-bond donors (Lipinski definition) is 0. The SMILES string of the molecule is COC(=O)C#CCOCC#CC(=O)OC. The van der Waals surface area contributed by atoms with E-state index in [9.17, 15) is 9.59 Å². The summed E-state index contributed by atoms with van der Waals surface area (Å²) in [4.78, 5) is 21.0. The van der Waals surface area contributed by atoms with Gasteiger partial charge in [-0.3, -0.25) is 0 Å². The van der Waals surface area contributed by atoms with Crippen LogP contribution in [0.4, 0.5) is 0 Å². The summed E-state index contributed by atoms with van der Waals surface area (Å²) >= 11 is 0. The van der Waals surface area contributed by atoms with Crippen LogP contribution in [0.5, 0.6) is 0 Å². The van der Waals surface area contributed by atoms with Gasteiger partial charge in [-0.25, -0.2) is 9.59 Å². The van der Waals surface area contributed by atoms with Crippen molar-refractivity contribution in [1.82, 2.24) is 0 Å². The third-order valence-electron chi connectivity index (χ3n) is 1.10. The average Bonchev–Trinajstić information content (AvgIpc) is 2.26. The molecule has 0 bridgehead atoms. The normalized spacial score (nSPS) is 7.60. The minimum Gasteiger partial charge on any atom is -0.459 e. The number of methoxy groups -OCH3 is 2. The molecule has 0 unspecified atom stereocenters. The lowest BCUT2D eigenvalue weighted by Gasteiger charge is -1.89. The maximum absolute atomic E-state index is 10.5. The van der Waals surface area contributed by atoms with Crippen molar-refractivity contribution in [2.24, 2.45) is 0 Å². The molecule has 80 valence electrons. The zero-order valence-electron chi connectivity index (χ0n) is 8.46. The molecule has 0 aromatic carbocycles. The van der Waals surface area contributed by atoms with E-state index in [1.165, 1.54) is 14.2 Å². The smallest absolute Gasteiger partial charge is 0.384 e. The van der Waals surface area contributed by atoms with Crippen LogP contribution in [0.3, 0.4) is 0 Å². The van der Waals surface area contributed by atoms with E-state index in [4.69, 9.17) is 4.74 Å². The van der Waals surface area contributed by atoms with E-state index < -0.39 is 11.9 Å². The highest BCUT2D eigenvalue weighted by molar-refractivity contribution is 5.88. The topological polar surface area (TPSA) is 61.8 Å². The van der Waals surface area contributed by atoms with Crippen LogP contribution in [0.25, 0.3) is 0 Å². The quantitative estimate of drug-likeness (QED) is 0.262. The first kappa shape index (κ1) is 13.0. The van der Waals surface area contributed by atoms with Crippen LogP contribution in [0.15, 0.2) is 0 Å². The Morgan fingerprint density at radius 3 is 1.67 bits per heavy atom. The summed E-state index contributed by atoms with van der Waals surface area (Å²) in [6, 6.07) is 0. The Hall–Kier alpha value is -1.98. The van der Waals surface area contributed by atoms with E-state index in [0.29, 0.717) is 0 Å². The van der Waals surface area contributed by atoms with E-state index in [-0.39, 0.29) is 13.2 Å². The lowest BCUT2D eigenvalue weighted by atomic mass is 10.5. The molecule has 0 saturated carbocycles. The number of carbonyl (C=O) groups is 2. The van der Waals surface area contributed by atoms with Crippen LogP contribution in [0, 0.1) is 23.7 Å². The fraction of sp³-hybridized carbons (Fsp3) is 0.400. The lowest BCUT2D eigenvalue weighted by Crippen LogP contribution is -1.98. The van der Waals surface area contributed by atoms with Gasteiger partial charge in [0.25, 0.3) is 0 Å². The summed E-state index contributed by atoms with van der Waals surface area (Å²) in [6.07, 6.45) is 0. The Balaban J connectivity index is 3.61. The molecule has 0 heterocycles. The van der Waals surface area contributed by atoms with Gasteiger partial charge in [0.2, 0.25) is 0 Å². The van der Waals surface area contributed by atoms with Gasteiger partial charge in [0.05, 0.1) is 14.2 Å². The van der Waals surface area contributed by atoms with Gasteiger partial charge in [0, 0.05) is 11.8 Å². The molecule has 0 aliphatic carbocycles. The second-order valence-corrected chi connectivity index (χ2v) is 2.08. The van der Waals surface area contributed by atoms with Crippen LogP contribution in [0.1, 0.15) is 0 Å². The van der Waals surface area contributed by atoms with Gasteiger partial charge in [-0.15, -0.1) is 0 Å². The molecular formula is C10H10O5. The monoisotopic (exact) mass is 210 g/mol. The second kappa shape index (κ2) is 8.61. The highest BCUT2D eigenvalue weighted by Crippen LogP contribution is 1.74. The first-order valence-corrected chi connectivity index (χ1v) is 3.92. The molecule has 0 spiro atoms. The zero-order valence-corrected chi connectivity index (χ0v) is 8.46. The van der Waals surface area contributed by atoms with Crippen molar-refractivity contribution < 1.29 is 23.8 Å². The molecule has 5 heteroatoms. The van der Waals surface area contributed by atoms with Crippen molar-refractivity contribution in [3.8, 4) is 23.7 Å². The standard InChI is InChI=1S/C10H10O5/c1-13-9(11)5-3-7-15-8-4-6-10(12)14-2/h7-8H2,1-2H3. The van der Waals surface area contributed by atoms with Gasteiger partial charge in [0.15, 0.2) is 0 Å². The van der Waals surface area contributed by atoms with Gasteiger partial charge in [-0.1, -0.05) is 11.8 Å². The Kier molecular flexibility index (Phi) is 7.47. The molecule has 0 aliphatic rings. The molecular weight excluding hydrogens is 200 g/mol. The maximum atomic E-state index is 10.5. The van der Waals surface area contributed by atoms with Crippen molar-refractivity contribution >= 4 is 11.9 Å². The molecule has 0 fully saturated rings. The summed E-state index contributed by atoms with van der Waals surface area (Å²) in [5.74, 6) is 7.90. The average molecular weight is 210 g/mol. The molecule has 0 N–H and O–H groups in total. The first-order valence-electron chi connectivity index (χ1n) is 3.92. The molecule has 0 amide bonds. The third kappa shape index (κ3) is 8.35. The van der Waals surface area contributed by atoms with Crippen molar-refractivity contribution in [2.75, 3.05) is 27.4 Å². The molecule has 0 saturated heterocycles. The van der Waals surface area contributed by atoms with Gasteiger partial charge >= 0.3 is 11.9 Å². The molecule has 0 rings (SSSR count). The summed E-state index contributed by atoms with van der Waals surface area (Å²) in [7, 11) is 2.47. The minimum atomic E-state index is -0.626. The Morgan fingerprint density at radius 2 is 1.33 bits per heavy atom. The van der Waals surface area contributed by atoms with Gasteiger partial charge in [0.1, 0.15) is 13.2 Å². The van der Waals surface area contributed by atoms with E-state index in [1.807, 2.05) is 0 Å². The maximum Gasteiger partial charge on any atom is 0.384 e. The second-order valence-electron chi connectivity index (χ2n) is 2.08. The zero-order chi connectivity index (χ0) is 11.5. The number of hydrogen-bond acceptors (Lipinski definition) is 5. The predicted molar refractivity (Wildman–Crippen MR) is 50.4 cm³/mol. The molecule has 0 atom stereocenters. The van der Waals surface area contributed by atoms with E-state index in [2.05, 4.69) is 33.2 Å². The number of carbonyl (C=O) groups excluding carboxylic acids is 2. The summed E-state index contributed by atoms with van der Waals surface area (Å²) in [6.45, 7) is 0.0932. The molecule has 15 heavy (non-hydrogen) atoms. The van der Waals surface area contributed by atoms with Gasteiger partial charge < -0.3 is 14.2 Å². The molecule has 0 radical (unpaired) electrons. The van der Waals surface area contributed by atoms with E-state index in [0.717, 1.165) is 0 Å². The largest absolute Gasteiger partial charge is 0.459 e. The summed E-state index contributed by atoms with van der Waals surface area (Å²) in [5.41, 5.74) is 0. The van der Waals surface area contributed by atoms with Gasteiger partial charge in [-0.2, -0.15) is 0 Å². The van der Waals surface area contributed by atoms with Crippen molar-refractivity contribution in [1.29, 1.82) is 0 Å². The Morgan fingerprint density at radius 1 is 0.933 bits per heavy atom. The van der Waals surface area contributed by atoms with E-state index in [1.54, 1.807) is 0 Å². The first-order chi connectivity index (χ1) is 7.20. The fourth-order valence-corrected chi connectivity index (χ4v) is 0.472. The van der Waals surface area contributed by atoms with Crippen LogP contribution < -0.4 is 0 Å². The molecule has 0 aromatic rings. The Labute approximate surface area is 87.7 Å². The lowest BCUT2D eigenvalue weighted by molar-refractivity contribution is -0.134. The van der Waals surface area contributed by atoms with Crippen molar-refractivity contribution in [2.45, 2.75) is 0 Å². The Bertz CT molecular complexity index is 302. The van der Waals surface area contributed by atoms with Crippen molar-refractivity contribution in [3.05, 3.63) is 0 Å². The molecule has 0 aromatic heterocycles. The van der Waals surface area contributed by atoms with Crippen LogP contribution in [0.2, 0.25) is 0 Å².